The Labute approximate surface area is 244 Å². The van der Waals surface area contributed by atoms with Crippen LogP contribution in [0, 0.1) is 6.92 Å². The van der Waals surface area contributed by atoms with Gasteiger partial charge in [-0.25, -0.2) is 15.0 Å². The van der Waals surface area contributed by atoms with Gasteiger partial charge in [0, 0.05) is 27.4 Å². The number of carbonyl (C=O) groups is 4. The molecule has 0 saturated heterocycles. The molecule has 0 unspecified atom stereocenters. The number of carbonyl (C=O) groups excluding carboxylic acids is 4. The third-order valence-electron chi connectivity index (χ3n) is 5.53. The van der Waals surface area contributed by atoms with Crippen LogP contribution in [0.2, 0.25) is 10.0 Å². The number of nitrogens with zero attached hydrogens (tertiary/aromatic N) is 1. The summed E-state index contributed by atoms with van der Waals surface area (Å²) in [6.07, 6.45) is 1.17. The minimum atomic E-state index is -1.02. The minimum Gasteiger partial charge on any atom is -0.423 e. The molecule has 4 aromatic carbocycles. The molecule has 0 aliphatic rings. The molecule has 0 fully saturated rings. The zero-order valence-corrected chi connectivity index (χ0v) is 22.9. The van der Waals surface area contributed by atoms with Crippen molar-refractivity contribution in [2.75, 3.05) is 5.32 Å². The normalized spacial score (nSPS) is 10.6. The maximum Gasteiger partial charge on any atom is 0.343 e. The third-order valence-corrected chi connectivity index (χ3v) is 6.03. The summed E-state index contributed by atoms with van der Waals surface area (Å²) >= 11 is 11.8. The van der Waals surface area contributed by atoms with Gasteiger partial charge in [0.25, 0.3) is 0 Å². The predicted octanol–water partition coefficient (Wildman–Crippen LogP) is 5.83. The minimum absolute atomic E-state index is 0.0336. The summed E-state index contributed by atoms with van der Waals surface area (Å²) in [7, 11) is 0. The first kappa shape index (κ1) is 29.0. The van der Waals surface area contributed by atoms with E-state index in [4.69, 9.17) is 32.7 Å². The van der Waals surface area contributed by atoms with Crippen LogP contribution in [0.3, 0.4) is 0 Å². The number of hydrogen-bond acceptors (Lipinski definition) is 7. The first-order valence-corrected chi connectivity index (χ1v) is 12.7. The highest BCUT2D eigenvalue weighted by Crippen LogP contribution is 2.26. The number of rotatable bonds is 7. The third kappa shape index (κ3) is 8.01. The topological polar surface area (TPSA) is 123 Å². The molecule has 0 bridgehead atoms. The van der Waals surface area contributed by atoms with Crippen molar-refractivity contribution >= 4 is 58.9 Å². The van der Waals surface area contributed by atoms with Crippen LogP contribution >= 0.6 is 23.2 Å². The SMILES string of the molecule is Cc1ccccc1NC(=O)C(=O)N/N=C\c1ccc(OC(=O)c2ccc(Cl)cc2)cc1OC(=O)c1ccc(Cl)cc1. The molecular weight excluding hydrogens is 569 g/mol. The van der Waals surface area contributed by atoms with Crippen molar-refractivity contribution in [3.63, 3.8) is 0 Å². The number of amides is 2. The molecule has 11 heteroatoms. The summed E-state index contributed by atoms with van der Waals surface area (Å²) in [5.74, 6) is -3.28. The quantitative estimate of drug-likeness (QED) is 0.0919. The second-order valence-corrected chi connectivity index (χ2v) is 9.33. The van der Waals surface area contributed by atoms with E-state index in [9.17, 15) is 19.2 Å². The number of hydrazone groups is 1. The van der Waals surface area contributed by atoms with E-state index >= 15 is 0 Å². The summed E-state index contributed by atoms with van der Waals surface area (Å²) in [6.45, 7) is 1.79. The Morgan fingerprint density at radius 1 is 0.732 bits per heavy atom. The van der Waals surface area contributed by atoms with Gasteiger partial charge in [0.15, 0.2) is 0 Å². The van der Waals surface area contributed by atoms with Gasteiger partial charge in [-0.1, -0.05) is 41.4 Å². The van der Waals surface area contributed by atoms with Crippen molar-refractivity contribution in [2.24, 2.45) is 5.10 Å². The molecule has 0 radical (unpaired) electrons. The van der Waals surface area contributed by atoms with Crippen LogP contribution in [0.15, 0.2) is 96.1 Å². The fourth-order valence-corrected chi connectivity index (χ4v) is 3.63. The fraction of sp³-hybridized carbons (Fsp3) is 0.0333. The molecule has 2 amide bonds. The van der Waals surface area contributed by atoms with Crippen molar-refractivity contribution in [3.8, 4) is 11.5 Å². The van der Waals surface area contributed by atoms with Crippen LogP contribution in [0.25, 0.3) is 0 Å². The molecule has 41 heavy (non-hydrogen) atoms. The lowest BCUT2D eigenvalue weighted by Gasteiger charge is -2.11. The molecule has 0 spiro atoms. The number of benzene rings is 4. The van der Waals surface area contributed by atoms with E-state index in [0.29, 0.717) is 15.7 Å². The first-order chi connectivity index (χ1) is 19.7. The maximum absolute atomic E-state index is 12.8. The Kier molecular flexibility index (Phi) is 9.47. The van der Waals surface area contributed by atoms with E-state index < -0.39 is 23.8 Å². The van der Waals surface area contributed by atoms with Crippen LogP contribution in [0.1, 0.15) is 31.8 Å². The number of halogens is 2. The van der Waals surface area contributed by atoms with Gasteiger partial charge >= 0.3 is 23.8 Å². The van der Waals surface area contributed by atoms with E-state index in [1.165, 1.54) is 60.8 Å². The van der Waals surface area contributed by atoms with Crippen molar-refractivity contribution in [1.29, 1.82) is 0 Å². The zero-order chi connectivity index (χ0) is 29.4. The van der Waals surface area contributed by atoms with Gasteiger partial charge in [0.05, 0.1) is 17.3 Å². The Hall–Kier alpha value is -4.99. The molecule has 4 rings (SSSR count). The number of anilines is 1. The lowest BCUT2D eigenvalue weighted by atomic mass is 10.2. The molecule has 0 heterocycles. The maximum atomic E-state index is 12.8. The highest BCUT2D eigenvalue weighted by molar-refractivity contribution is 6.39. The number of para-hydroxylation sites is 1. The number of aryl methyl sites for hydroxylation is 1. The average molecular weight is 590 g/mol. The molecule has 206 valence electrons. The number of ether oxygens (including phenoxy) is 2. The highest BCUT2D eigenvalue weighted by Gasteiger charge is 2.16. The van der Waals surface area contributed by atoms with E-state index in [1.807, 2.05) is 0 Å². The molecule has 2 N–H and O–H groups in total. The van der Waals surface area contributed by atoms with E-state index in [2.05, 4.69) is 15.8 Å². The molecule has 4 aromatic rings. The molecule has 0 aromatic heterocycles. The van der Waals surface area contributed by atoms with Crippen LogP contribution in [-0.4, -0.2) is 30.0 Å². The monoisotopic (exact) mass is 589 g/mol. The first-order valence-electron chi connectivity index (χ1n) is 12.0. The molecule has 0 aliphatic carbocycles. The second kappa shape index (κ2) is 13.4. The van der Waals surface area contributed by atoms with Crippen molar-refractivity contribution in [1.82, 2.24) is 5.43 Å². The van der Waals surface area contributed by atoms with E-state index in [0.717, 1.165) is 5.56 Å². The standard InChI is InChI=1S/C30H21Cl2N3O6/c1-18-4-2-3-5-25(18)34-27(36)28(37)35-33-17-21-10-15-24(40-29(38)19-6-11-22(31)12-7-19)16-26(21)41-30(39)20-8-13-23(32)14-9-20/h2-17H,1H3,(H,34,36)(H,35,37)/b33-17-. The summed E-state index contributed by atoms with van der Waals surface area (Å²) in [6, 6.07) is 23.3. The molecule has 0 atom stereocenters. The smallest absolute Gasteiger partial charge is 0.343 e. The van der Waals surface area contributed by atoms with Crippen LogP contribution in [0.5, 0.6) is 11.5 Å². The lowest BCUT2D eigenvalue weighted by molar-refractivity contribution is -0.136. The largest absolute Gasteiger partial charge is 0.423 e. The van der Waals surface area contributed by atoms with Crippen LogP contribution in [0.4, 0.5) is 5.69 Å². The summed E-state index contributed by atoms with van der Waals surface area (Å²) in [5, 5.41) is 7.21. The van der Waals surface area contributed by atoms with Gasteiger partial charge < -0.3 is 14.8 Å². The van der Waals surface area contributed by atoms with Crippen molar-refractivity contribution in [2.45, 2.75) is 6.92 Å². The second-order valence-electron chi connectivity index (χ2n) is 8.46. The van der Waals surface area contributed by atoms with E-state index in [1.54, 1.807) is 43.3 Å². The summed E-state index contributed by atoms with van der Waals surface area (Å²) in [4.78, 5) is 49.9. The summed E-state index contributed by atoms with van der Waals surface area (Å²) in [5.41, 5.74) is 4.09. The molecule has 0 saturated carbocycles. The highest BCUT2D eigenvalue weighted by atomic mass is 35.5. The van der Waals surface area contributed by atoms with Gasteiger partial charge in [0.2, 0.25) is 0 Å². The molecule has 9 nitrogen and oxygen atoms in total. The Morgan fingerprint density at radius 3 is 1.93 bits per heavy atom. The zero-order valence-electron chi connectivity index (χ0n) is 21.4. The van der Waals surface area contributed by atoms with Gasteiger partial charge in [-0.3, -0.25) is 9.59 Å². The van der Waals surface area contributed by atoms with Crippen LogP contribution in [-0.2, 0) is 9.59 Å². The van der Waals surface area contributed by atoms with Crippen molar-refractivity contribution in [3.05, 3.63) is 123 Å². The van der Waals surface area contributed by atoms with Gasteiger partial charge in [-0.05, 0) is 79.2 Å². The predicted molar refractivity (Wildman–Crippen MR) is 155 cm³/mol. The van der Waals surface area contributed by atoms with E-state index in [-0.39, 0.29) is 28.2 Å². The fourth-order valence-electron chi connectivity index (χ4n) is 3.37. The molecule has 0 aliphatic heterocycles. The van der Waals surface area contributed by atoms with Gasteiger partial charge in [-0.15, -0.1) is 0 Å². The average Bonchev–Trinajstić information content (AvgIpc) is 2.96. The Bertz CT molecular complexity index is 1640. The van der Waals surface area contributed by atoms with Gasteiger partial charge in [-0.2, -0.15) is 5.10 Å². The van der Waals surface area contributed by atoms with Gasteiger partial charge in [0.1, 0.15) is 11.5 Å². The number of esters is 2. The number of hydrogen-bond donors (Lipinski definition) is 2. The lowest BCUT2D eigenvalue weighted by Crippen LogP contribution is -2.32. The Balaban J connectivity index is 1.52. The Morgan fingerprint density at radius 2 is 1.32 bits per heavy atom. The summed E-state index contributed by atoms with van der Waals surface area (Å²) < 4.78 is 11.0. The van der Waals surface area contributed by atoms with Crippen molar-refractivity contribution < 1.29 is 28.7 Å². The molecular formula is C30H21Cl2N3O6. The number of nitrogens with one attached hydrogen (secondary N) is 2. The van der Waals surface area contributed by atoms with Crippen LogP contribution < -0.4 is 20.2 Å².